The summed E-state index contributed by atoms with van der Waals surface area (Å²) in [6.07, 6.45) is 0. The average molecular weight is 605 g/mol. The predicted octanol–water partition coefficient (Wildman–Crippen LogP) is 13.6. The van der Waals surface area contributed by atoms with E-state index in [9.17, 15) is 0 Å². The Morgan fingerprint density at radius 2 is 0.708 bits per heavy atom. The maximum atomic E-state index is 2.43. The highest BCUT2D eigenvalue weighted by atomic mass is 14.3. The van der Waals surface area contributed by atoms with Gasteiger partial charge in [-0.1, -0.05) is 164 Å². The van der Waals surface area contributed by atoms with Crippen molar-refractivity contribution in [3.63, 3.8) is 0 Å². The molecule has 10 aromatic carbocycles. The van der Waals surface area contributed by atoms with Gasteiger partial charge in [0, 0.05) is 0 Å². The van der Waals surface area contributed by atoms with Gasteiger partial charge in [-0.25, -0.2) is 0 Å². The maximum Gasteiger partial charge on any atom is -0.00201 e. The van der Waals surface area contributed by atoms with E-state index in [4.69, 9.17) is 0 Å². The molecule has 220 valence electrons. The van der Waals surface area contributed by atoms with Crippen molar-refractivity contribution in [2.75, 3.05) is 0 Å². The molecule has 48 heavy (non-hydrogen) atoms. The number of benzene rings is 10. The minimum absolute atomic E-state index is 1.25. The minimum Gasteiger partial charge on any atom is -0.0616 e. The molecule has 0 heterocycles. The number of hydrogen-bond donors (Lipinski definition) is 0. The Morgan fingerprint density at radius 1 is 0.229 bits per heavy atom. The summed E-state index contributed by atoms with van der Waals surface area (Å²) in [5, 5.41) is 15.5. The maximum absolute atomic E-state index is 2.43. The van der Waals surface area contributed by atoms with Crippen LogP contribution in [0.25, 0.3) is 109 Å². The average Bonchev–Trinajstić information content (AvgIpc) is 3.48. The summed E-state index contributed by atoms with van der Waals surface area (Å²) in [6, 6.07) is 63.3. The van der Waals surface area contributed by atoms with E-state index in [2.05, 4.69) is 170 Å². The first kappa shape index (κ1) is 25.9. The van der Waals surface area contributed by atoms with E-state index in [1.54, 1.807) is 0 Å². The van der Waals surface area contributed by atoms with Gasteiger partial charge in [-0.2, -0.15) is 0 Å². The lowest BCUT2D eigenvalue weighted by Gasteiger charge is -2.19. The van der Waals surface area contributed by atoms with Crippen LogP contribution in [0, 0.1) is 0 Å². The number of rotatable bonds is 2. The van der Waals surface area contributed by atoms with Gasteiger partial charge in [-0.15, -0.1) is 0 Å². The lowest BCUT2D eigenvalue weighted by atomic mass is 9.83. The van der Waals surface area contributed by atoms with Gasteiger partial charge in [0.2, 0.25) is 0 Å². The Hall–Kier alpha value is -6.24. The summed E-state index contributed by atoms with van der Waals surface area (Å²) in [4.78, 5) is 0. The molecule has 0 radical (unpaired) electrons. The van der Waals surface area contributed by atoms with Crippen molar-refractivity contribution in [3.8, 4) is 44.5 Å². The standard InChI is InChI=1S/C48H28/c1-2-11-32-29(10-1)22-25-36-35(32)24-23-30-20-21-31(28-45(30)36)46-38-14-5-7-16-40(38)48(41-17-8-6-15-39(41)46)44-27-26-43-34-13-4-3-12-33(34)37-18-9-19-42(44)47(37)43/h1-28H. The van der Waals surface area contributed by atoms with Crippen LogP contribution in [0.4, 0.5) is 0 Å². The lowest BCUT2D eigenvalue weighted by molar-refractivity contribution is 1.69. The quantitative estimate of drug-likeness (QED) is 0.136. The van der Waals surface area contributed by atoms with Crippen LogP contribution in [0.15, 0.2) is 170 Å². The Kier molecular flexibility index (Phi) is 5.20. The predicted molar refractivity (Wildman–Crippen MR) is 207 cm³/mol. The van der Waals surface area contributed by atoms with E-state index >= 15 is 0 Å². The molecular formula is C48H28. The zero-order chi connectivity index (χ0) is 31.3. The van der Waals surface area contributed by atoms with Gasteiger partial charge in [-0.05, 0) is 115 Å². The van der Waals surface area contributed by atoms with Crippen molar-refractivity contribution in [1.29, 1.82) is 0 Å². The first-order chi connectivity index (χ1) is 23.8. The van der Waals surface area contributed by atoms with Gasteiger partial charge in [0.1, 0.15) is 0 Å². The molecule has 0 unspecified atom stereocenters. The Morgan fingerprint density at radius 3 is 1.42 bits per heavy atom. The molecule has 1 aliphatic rings. The van der Waals surface area contributed by atoms with Gasteiger partial charge in [0.25, 0.3) is 0 Å². The van der Waals surface area contributed by atoms with Gasteiger partial charge >= 0.3 is 0 Å². The Balaban J connectivity index is 1.22. The van der Waals surface area contributed by atoms with Crippen LogP contribution in [0.3, 0.4) is 0 Å². The molecule has 0 saturated heterocycles. The van der Waals surface area contributed by atoms with Crippen molar-refractivity contribution in [2.45, 2.75) is 0 Å². The highest BCUT2D eigenvalue weighted by Gasteiger charge is 2.24. The summed E-state index contributed by atoms with van der Waals surface area (Å²) in [5.74, 6) is 0. The SMILES string of the molecule is c1ccc2c(c1)-c1cccc3c(-c4c5ccccc5c(-c5ccc6ccc7c8ccccc8ccc7c6c5)c5ccccc45)ccc-2c13. The molecule has 0 aromatic heterocycles. The zero-order valence-electron chi connectivity index (χ0n) is 26.2. The molecule has 0 N–H and O–H groups in total. The van der Waals surface area contributed by atoms with E-state index < -0.39 is 0 Å². The fourth-order valence-electron chi connectivity index (χ4n) is 8.73. The second-order valence-corrected chi connectivity index (χ2v) is 13.2. The lowest BCUT2D eigenvalue weighted by Crippen LogP contribution is -1.92. The smallest absolute Gasteiger partial charge is 0.00201 e. The van der Waals surface area contributed by atoms with Crippen LogP contribution in [0.1, 0.15) is 0 Å². The molecule has 0 saturated carbocycles. The fourth-order valence-corrected chi connectivity index (χ4v) is 8.73. The normalized spacial score (nSPS) is 12.2. The molecule has 0 atom stereocenters. The van der Waals surface area contributed by atoms with Crippen molar-refractivity contribution in [1.82, 2.24) is 0 Å². The molecule has 11 rings (SSSR count). The van der Waals surface area contributed by atoms with Crippen LogP contribution in [0.2, 0.25) is 0 Å². The van der Waals surface area contributed by atoms with Crippen molar-refractivity contribution in [2.24, 2.45) is 0 Å². The molecule has 0 fully saturated rings. The van der Waals surface area contributed by atoms with E-state index in [-0.39, 0.29) is 0 Å². The van der Waals surface area contributed by atoms with Crippen molar-refractivity contribution >= 4 is 64.6 Å². The summed E-state index contributed by atoms with van der Waals surface area (Å²) in [5.41, 5.74) is 10.5. The first-order valence-electron chi connectivity index (χ1n) is 16.8. The summed E-state index contributed by atoms with van der Waals surface area (Å²) >= 11 is 0. The summed E-state index contributed by atoms with van der Waals surface area (Å²) in [6.45, 7) is 0. The number of hydrogen-bond acceptors (Lipinski definition) is 0. The summed E-state index contributed by atoms with van der Waals surface area (Å²) < 4.78 is 0. The highest BCUT2D eigenvalue weighted by Crippen LogP contribution is 2.52. The molecule has 0 bridgehead atoms. The molecular weight excluding hydrogens is 577 g/mol. The molecule has 10 aromatic rings. The van der Waals surface area contributed by atoms with Crippen LogP contribution >= 0.6 is 0 Å². The van der Waals surface area contributed by atoms with Gasteiger partial charge in [-0.3, -0.25) is 0 Å². The Bertz CT molecular complexity index is 2910. The third-order valence-electron chi connectivity index (χ3n) is 10.8. The van der Waals surface area contributed by atoms with E-state index in [1.807, 2.05) is 0 Å². The fraction of sp³-hybridized carbons (Fsp3) is 0. The second kappa shape index (κ2) is 9.64. The topological polar surface area (TPSA) is 0 Å². The molecule has 1 aliphatic carbocycles. The van der Waals surface area contributed by atoms with Gasteiger partial charge in [0.05, 0.1) is 0 Å². The van der Waals surface area contributed by atoms with E-state index in [0.717, 1.165) is 0 Å². The van der Waals surface area contributed by atoms with E-state index in [1.165, 1.54) is 109 Å². The highest BCUT2D eigenvalue weighted by molar-refractivity contribution is 6.27. The molecule has 0 amide bonds. The van der Waals surface area contributed by atoms with Gasteiger partial charge < -0.3 is 0 Å². The van der Waals surface area contributed by atoms with Gasteiger partial charge in [0.15, 0.2) is 0 Å². The zero-order valence-corrected chi connectivity index (χ0v) is 26.2. The van der Waals surface area contributed by atoms with Crippen LogP contribution in [-0.4, -0.2) is 0 Å². The largest absolute Gasteiger partial charge is 0.0616 e. The third-order valence-corrected chi connectivity index (χ3v) is 10.8. The van der Waals surface area contributed by atoms with Crippen molar-refractivity contribution in [3.05, 3.63) is 170 Å². The molecule has 0 aliphatic heterocycles. The molecule has 0 nitrogen and oxygen atoms in total. The summed E-state index contributed by atoms with van der Waals surface area (Å²) in [7, 11) is 0. The minimum atomic E-state index is 1.25. The van der Waals surface area contributed by atoms with E-state index in [0.29, 0.717) is 0 Å². The monoisotopic (exact) mass is 604 g/mol. The second-order valence-electron chi connectivity index (χ2n) is 13.2. The first-order valence-corrected chi connectivity index (χ1v) is 16.8. The third kappa shape index (κ3) is 3.44. The van der Waals surface area contributed by atoms with Crippen molar-refractivity contribution < 1.29 is 0 Å². The molecule has 0 heteroatoms. The van der Waals surface area contributed by atoms with Crippen LogP contribution in [0.5, 0.6) is 0 Å². The Labute approximate surface area is 278 Å². The molecule has 0 spiro atoms. The number of fused-ring (bicyclic) bond motifs is 10. The van der Waals surface area contributed by atoms with Crippen LogP contribution in [-0.2, 0) is 0 Å². The van der Waals surface area contributed by atoms with Crippen LogP contribution < -0.4 is 0 Å².